The number of rotatable bonds is 2. The molecular weight excluding hydrogens is 314 g/mol. The van der Waals surface area contributed by atoms with E-state index in [1.165, 1.54) is 35.7 Å². The van der Waals surface area contributed by atoms with Gasteiger partial charge in [-0.1, -0.05) is 17.9 Å². The zero-order chi connectivity index (χ0) is 16.6. The number of hydrogen-bond donors (Lipinski definition) is 0. The third kappa shape index (κ3) is 2.97. The SMILES string of the molecule is COC1CCC2(CC1)Cc1ccc(C#CC3CC3)cc1C2SC#N. The van der Waals surface area contributed by atoms with E-state index in [1.807, 2.05) is 7.11 Å². The fourth-order valence-electron chi connectivity index (χ4n) is 4.37. The van der Waals surface area contributed by atoms with Gasteiger partial charge in [0.2, 0.25) is 0 Å². The van der Waals surface area contributed by atoms with E-state index in [0.29, 0.717) is 12.0 Å². The molecule has 0 N–H and O–H groups in total. The van der Waals surface area contributed by atoms with Crippen LogP contribution in [0.5, 0.6) is 0 Å². The maximum absolute atomic E-state index is 9.38. The second-order valence-corrected chi connectivity index (χ2v) is 8.41. The maximum Gasteiger partial charge on any atom is 0.134 e. The molecule has 0 aromatic heterocycles. The number of thioether (sulfide) groups is 1. The first-order valence-electron chi connectivity index (χ1n) is 8.96. The predicted octanol–water partition coefficient (Wildman–Crippen LogP) is 4.83. The molecule has 0 heterocycles. The third-order valence-electron chi connectivity index (χ3n) is 5.96. The molecule has 1 aromatic rings. The van der Waals surface area contributed by atoms with Gasteiger partial charge >= 0.3 is 0 Å². The Kier molecular flexibility index (Phi) is 4.33. The Balaban J connectivity index is 1.62. The van der Waals surface area contributed by atoms with Crippen LogP contribution in [0.2, 0.25) is 0 Å². The highest BCUT2D eigenvalue weighted by Crippen LogP contribution is 2.59. The minimum atomic E-state index is 0.236. The van der Waals surface area contributed by atoms with Crippen molar-refractivity contribution in [3.63, 3.8) is 0 Å². The lowest BCUT2D eigenvalue weighted by Gasteiger charge is -2.40. The molecule has 1 atom stereocenters. The average Bonchev–Trinajstić information content (AvgIpc) is 3.39. The van der Waals surface area contributed by atoms with Crippen LogP contribution in [0.25, 0.3) is 0 Å². The summed E-state index contributed by atoms with van der Waals surface area (Å²) >= 11 is 1.46. The first kappa shape index (κ1) is 16.1. The van der Waals surface area contributed by atoms with E-state index in [0.717, 1.165) is 37.7 Å². The second kappa shape index (κ2) is 6.47. The Morgan fingerprint density at radius 1 is 1.21 bits per heavy atom. The molecule has 3 heteroatoms. The van der Waals surface area contributed by atoms with Crippen LogP contribution in [0.15, 0.2) is 18.2 Å². The highest BCUT2D eigenvalue weighted by molar-refractivity contribution is 8.04. The molecule has 1 spiro atoms. The van der Waals surface area contributed by atoms with Gasteiger partial charge in [-0.3, -0.25) is 0 Å². The summed E-state index contributed by atoms with van der Waals surface area (Å²) in [7, 11) is 1.82. The van der Waals surface area contributed by atoms with Gasteiger partial charge in [0.15, 0.2) is 0 Å². The molecule has 0 bridgehead atoms. The van der Waals surface area contributed by atoms with Gasteiger partial charge in [-0.25, -0.2) is 0 Å². The van der Waals surface area contributed by atoms with Crippen molar-refractivity contribution >= 4 is 11.8 Å². The lowest BCUT2D eigenvalue weighted by atomic mass is 9.71. The normalized spacial score (nSPS) is 31.2. The number of ether oxygens (including phenoxy) is 1. The Bertz CT molecular complexity index is 726. The zero-order valence-corrected chi connectivity index (χ0v) is 15.0. The van der Waals surface area contributed by atoms with Crippen molar-refractivity contribution in [1.82, 2.24) is 0 Å². The van der Waals surface area contributed by atoms with Gasteiger partial charge in [-0.15, -0.1) is 0 Å². The van der Waals surface area contributed by atoms with Crippen LogP contribution in [0.3, 0.4) is 0 Å². The number of nitriles is 1. The molecule has 1 unspecified atom stereocenters. The summed E-state index contributed by atoms with van der Waals surface area (Å²) in [4.78, 5) is 0. The quantitative estimate of drug-likeness (QED) is 0.572. The van der Waals surface area contributed by atoms with Crippen LogP contribution in [0, 0.1) is 33.8 Å². The van der Waals surface area contributed by atoms with Gasteiger partial charge in [-0.2, -0.15) is 5.26 Å². The van der Waals surface area contributed by atoms with Crippen molar-refractivity contribution in [2.75, 3.05) is 7.11 Å². The van der Waals surface area contributed by atoms with Crippen molar-refractivity contribution < 1.29 is 4.74 Å². The molecular formula is C21H23NOS. The van der Waals surface area contributed by atoms with Crippen LogP contribution >= 0.6 is 11.8 Å². The number of benzene rings is 1. The summed E-state index contributed by atoms with van der Waals surface area (Å²) in [5, 5.41) is 12.0. The van der Waals surface area contributed by atoms with Crippen LogP contribution in [0.4, 0.5) is 0 Å². The molecule has 3 aliphatic rings. The molecule has 0 amide bonds. The molecule has 2 nitrogen and oxygen atoms in total. The van der Waals surface area contributed by atoms with Crippen molar-refractivity contribution in [2.24, 2.45) is 11.3 Å². The molecule has 1 aromatic carbocycles. The Hall–Kier alpha value is -1.42. The summed E-state index contributed by atoms with van der Waals surface area (Å²) < 4.78 is 5.56. The van der Waals surface area contributed by atoms with E-state index in [4.69, 9.17) is 4.74 Å². The lowest BCUT2D eigenvalue weighted by Crippen LogP contribution is -2.33. The van der Waals surface area contributed by atoms with E-state index in [1.54, 1.807) is 0 Å². The van der Waals surface area contributed by atoms with Gasteiger partial charge in [0, 0.05) is 18.6 Å². The number of methoxy groups -OCH3 is 1. The molecule has 3 aliphatic carbocycles. The number of hydrogen-bond acceptors (Lipinski definition) is 3. The van der Waals surface area contributed by atoms with Gasteiger partial charge < -0.3 is 4.74 Å². The lowest BCUT2D eigenvalue weighted by molar-refractivity contribution is 0.0289. The van der Waals surface area contributed by atoms with E-state index in [9.17, 15) is 5.26 Å². The minimum Gasteiger partial charge on any atom is -0.381 e. The molecule has 4 rings (SSSR count). The Morgan fingerprint density at radius 3 is 2.67 bits per heavy atom. The molecule has 2 saturated carbocycles. The summed E-state index contributed by atoms with van der Waals surface area (Å²) in [6, 6.07) is 6.69. The molecule has 0 saturated heterocycles. The summed E-state index contributed by atoms with van der Waals surface area (Å²) in [5.74, 6) is 7.32. The summed E-state index contributed by atoms with van der Waals surface area (Å²) in [5.41, 5.74) is 4.14. The third-order valence-corrected chi connectivity index (χ3v) is 7.05. The van der Waals surface area contributed by atoms with Gasteiger partial charge in [0.25, 0.3) is 0 Å². The highest BCUT2D eigenvalue weighted by Gasteiger charge is 2.48. The monoisotopic (exact) mass is 337 g/mol. The molecule has 0 radical (unpaired) electrons. The van der Waals surface area contributed by atoms with Crippen molar-refractivity contribution in [3.8, 4) is 17.2 Å². The van der Waals surface area contributed by atoms with E-state index in [-0.39, 0.29) is 10.7 Å². The van der Waals surface area contributed by atoms with Crippen molar-refractivity contribution in [1.29, 1.82) is 5.26 Å². The average molecular weight is 337 g/mol. The number of fused-ring (bicyclic) bond motifs is 1. The number of nitrogens with zero attached hydrogens (tertiary/aromatic N) is 1. The summed E-state index contributed by atoms with van der Waals surface area (Å²) in [6.07, 6.45) is 8.55. The van der Waals surface area contributed by atoms with Crippen LogP contribution in [0.1, 0.15) is 60.5 Å². The van der Waals surface area contributed by atoms with E-state index >= 15 is 0 Å². The standard InChI is InChI=1S/C21H23NOS/c1-23-18-8-10-21(11-9-18)13-17-7-6-16(5-4-15-2-3-15)12-19(17)20(21)24-14-22/h6-7,12,15,18,20H,2-3,8-11,13H2,1H3. The first-order valence-corrected chi connectivity index (χ1v) is 9.84. The minimum absolute atomic E-state index is 0.236. The Labute approximate surface area is 149 Å². The second-order valence-electron chi connectivity index (χ2n) is 7.52. The topological polar surface area (TPSA) is 33.0 Å². The Morgan fingerprint density at radius 2 is 2.00 bits per heavy atom. The molecule has 0 aliphatic heterocycles. The van der Waals surface area contributed by atoms with Crippen molar-refractivity contribution in [3.05, 3.63) is 34.9 Å². The van der Waals surface area contributed by atoms with Crippen LogP contribution in [-0.4, -0.2) is 13.2 Å². The maximum atomic E-state index is 9.38. The van der Waals surface area contributed by atoms with Crippen LogP contribution in [-0.2, 0) is 11.2 Å². The smallest absolute Gasteiger partial charge is 0.134 e. The van der Waals surface area contributed by atoms with E-state index < -0.39 is 0 Å². The molecule has 24 heavy (non-hydrogen) atoms. The number of thiocyanates is 1. The predicted molar refractivity (Wildman–Crippen MR) is 97.4 cm³/mol. The fraction of sp³-hybridized carbons (Fsp3) is 0.571. The van der Waals surface area contributed by atoms with Gasteiger partial charge in [0.05, 0.1) is 11.4 Å². The van der Waals surface area contributed by atoms with Gasteiger partial charge in [0.1, 0.15) is 5.40 Å². The van der Waals surface area contributed by atoms with Crippen molar-refractivity contribution in [2.45, 2.75) is 56.3 Å². The van der Waals surface area contributed by atoms with Crippen LogP contribution < -0.4 is 0 Å². The molecule has 124 valence electrons. The zero-order valence-electron chi connectivity index (χ0n) is 14.2. The van der Waals surface area contributed by atoms with Gasteiger partial charge in [-0.05, 0) is 85.4 Å². The largest absolute Gasteiger partial charge is 0.381 e. The fourth-order valence-corrected chi connectivity index (χ4v) is 5.40. The van der Waals surface area contributed by atoms with E-state index in [2.05, 4.69) is 35.4 Å². The molecule has 2 fully saturated rings. The summed E-state index contributed by atoms with van der Waals surface area (Å²) in [6.45, 7) is 0. The first-order chi connectivity index (χ1) is 11.7. The highest BCUT2D eigenvalue weighted by atomic mass is 32.2.